The van der Waals surface area contributed by atoms with Crippen LogP contribution in [0.5, 0.6) is 0 Å². The number of unbranched alkanes of at least 4 members (excludes halogenated alkanes) is 1. The van der Waals surface area contributed by atoms with Crippen molar-refractivity contribution in [2.45, 2.75) is 76.4 Å². The molecule has 0 heterocycles. The molecular formula is C25H37F2NO3. The molecule has 0 aromatic heterocycles. The van der Waals surface area contributed by atoms with Crippen LogP contribution >= 0.6 is 0 Å². The molecule has 4 nitrogen and oxygen atoms in total. The van der Waals surface area contributed by atoms with Crippen LogP contribution in [0.2, 0.25) is 0 Å². The zero-order valence-electron chi connectivity index (χ0n) is 18.6. The van der Waals surface area contributed by atoms with Gasteiger partial charge in [-0.05, 0) is 55.4 Å². The number of alkyl halides is 2. The average molecular weight is 438 g/mol. The third-order valence-corrected chi connectivity index (χ3v) is 6.44. The molecule has 1 amide bonds. The first kappa shape index (κ1) is 25.5. The number of aliphatic hydroxyl groups excluding tert-OH is 2. The van der Waals surface area contributed by atoms with E-state index >= 15 is 0 Å². The standard InChI is InChI=1S/C25H37F2NO3/c1-18(17-25(26,27)15-14-19-10-6-5-7-11-19)24-20(21(29)16-22(24)30)12-8-3-4-9-13-23(31)28-2/h3,5-8,10-11,18,20-22,24,29-30H,4,9,12-17H2,1-2H3,(H,28,31). The summed E-state index contributed by atoms with van der Waals surface area (Å²) in [6, 6.07) is 9.28. The molecule has 174 valence electrons. The second-order valence-electron chi connectivity index (χ2n) is 8.91. The minimum Gasteiger partial charge on any atom is -0.393 e. The summed E-state index contributed by atoms with van der Waals surface area (Å²) in [5, 5.41) is 23.4. The first-order chi connectivity index (χ1) is 14.7. The van der Waals surface area contributed by atoms with Gasteiger partial charge in [-0.3, -0.25) is 4.79 Å². The number of hydrogen-bond donors (Lipinski definition) is 3. The molecule has 1 aromatic rings. The highest BCUT2D eigenvalue weighted by atomic mass is 19.3. The Kier molecular flexibility index (Phi) is 10.1. The van der Waals surface area contributed by atoms with E-state index in [4.69, 9.17) is 0 Å². The van der Waals surface area contributed by atoms with E-state index in [9.17, 15) is 23.8 Å². The minimum absolute atomic E-state index is 0.00446. The summed E-state index contributed by atoms with van der Waals surface area (Å²) >= 11 is 0. The average Bonchev–Trinajstić information content (AvgIpc) is 3.02. The van der Waals surface area contributed by atoms with Crippen molar-refractivity contribution in [2.24, 2.45) is 17.8 Å². The number of amides is 1. The number of allylic oxidation sites excluding steroid dienone is 2. The molecule has 0 saturated heterocycles. The van der Waals surface area contributed by atoms with Crippen molar-refractivity contribution >= 4 is 5.91 Å². The molecule has 0 bridgehead atoms. The second-order valence-corrected chi connectivity index (χ2v) is 8.91. The summed E-state index contributed by atoms with van der Waals surface area (Å²) in [6.45, 7) is 1.77. The van der Waals surface area contributed by atoms with Gasteiger partial charge in [-0.2, -0.15) is 0 Å². The topological polar surface area (TPSA) is 69.6 Å². The van der Waals surface area contributed by atoms with Gasteiger partial charge in [0, 0.05) is 26.3 Å². The second kappa shape index (κ2) is 12.3. The lowest BCUT2D eigenvalue weighted by atomic mass is 9.78. The molecule has 0 spiro atoms. The van der Waals surface area contributed by atoms with E-state index in [1.54, 1.807) is 14.0 Å². The minimum atomic E-state index is -2.82. The van der Waals surface area contributed by atoms with Crippen LogP contribution in [-0.4, -0.2) is 41.3 Å². The number of rotatable bonds is 12. The molecule has 6 heteroatoms. The number of aliphatic hydroxyl groups is 2. The molecule has 1 aromatic carbocycles. The van der Waals surface area contributed by atoms with Crippen LogP contribution in [0.25, 0.3) is 0 Å². The first-order valence-corrected chi connectivity index (χ1v) is 11.4. The Labute approximate surface area is 184 Å². The maximum atomic E-state index is 14.7. The quantitative estimate of drug-likeness (QED) is 0.333. The van der Waals surface area contributed by atoms with Crippen LogP contribution in [0.1, 0.15) is 57.4 Å². The van der Waals surface area contributed by atoms with Crippen LogP contribution in [-0.2, 0) is 11.2 Å². The number of aryl methyl sites for hydroxylation is 1. The van der Waals surface area contributed by atoms with Gasteiger partial charge in [0.25, 0.3) is 0 Å². The molecule has 0 aliphatic heterocycles. The fourth-order valence-electron chi connectivity index (χ4n) is 4.79. The lowest BCUT2D eigenvalue weighted by molar-refractivity contribution is -0.120. The SMILES string of the molecule is CNC(=O)CCCC=CCC1C(O)CC(O)C1C(C)CC(F)(F)CCc1ccccc1. The molecule has 1 fully saturated rings. The summed E-state index contributed by atoms with van der Waals surface area (Å²) < 4.78 is 29.3. The molecule has 1 saturated carbocycles. The highest BCUT2D eigenvalue weighted by Gasteiger charge is 2.46. The van der Waals surface area contributed by atoms with Crippen molar-refractivity contribution in [2.75, 3.05) is 7.05 Å². The Bertz CT molecular complexity index is 695. The number of nitrogens with one attached hydrogen (secondary N) is 1. The summed E-state index contributed by atoms with van der Waals surface area (Å²) in [5.74, 6) is -3.80. The molecule has 5 unspecified atom stereocenters. The lowest BCUT2D eigenvalue weighted by Gasteiger charge is -2.31. The van der Waals surface area contributed by atoms with Crippen LogP contribution in [0, 0.1) is 17.8 Å². The van der Waals surface area contributed by atoms with Crippen molar-refractivity contribution in [1.82, 2.24) is 5.32 Å². The van der Waals surface area contributed by atoms with Gasteiger partial charge < -0.3 is 15.5 Å². The van der Waals surface area contributed by atoms with Crippen molar-refractivity contribution in [3.63, 3.8) is 0 Å². The van der Waals surface area contributed by atoms with Crippen molar-refractivity contribution < 1.29 is 23.8 Å². The highest BCUT2D eigenvalue weighted by Crippen LogP contribution is 2.43. The third-order valence-electron chi connectivity index (χ3n) is 6.44. The van der Waals surface area contributed by atoms with Gasteiger partial charge in [-0.25, -0.2) is 8.78 Å². The van der Waals surface area contributed by atoms with E-state index in [2.05, 4.69) is 5.32 Å². The normalized spacial score (nSPS) is 25.1. The maximum absolute atomic E-state index is 14.7. The van der Waals surface area contributed by atoms with Crippen molar-refractivity contribution in [3.8, 4) is 0 Å². The Balaban J connectivity index is 1.87. The zero-order valence-corrected chi connectivity index (χ0v) is 18.6. The van der Waals surface area contributed by atoms with E-state index in [0.717, 1.165) is 18.4 Å². The van der Waals surface area contributed by atoms with Crippen LogP contribution in [0.3, 0.4) is 0 Å². The molecule has 5 atom stereocenters. The first-order valence-electron chi connectivity index (χ1n) is 11.4. The van der Waals surface area contributed by atoms with E-state index < -0.39 is 24.0 Å². The van der Waals surface area contributed by atoms with Gasteiger partial charge in [0.1, 0.15) is 0 Å². The number of benzene rings is 1. The third kappa shape index (κ3) is 8.34. The molecular weight excluding hydrogens is 400 g/mol. The predicted octanol–water partition coefficient (Wildman–Crippen LogP) is 4.50. The van der Waals surface area contributed by atoms with Crippen LogP contribution in [0.15, 0.2) is 42.5 Å². The maximum Gasteiger partial charge on any atom is 0.248 e. The lowest BCUT2D eigenvalue weighted by Crippen LogP contribution is -2.32. The van der Waals surface area contributed by atoms with Crippen molar-refractivity contribution in [3.05, 3.63) is 48.0 Å². The van der Waals surface area contributed by atoms with E-state index in [0.29, 0.717) is 19.3 Å². The largest absolute Gasteiger partial charge is 0.393 e. The van der Waals surface area contributed by atoms with Gasteiger partial charge in [-0.1, -0.05) is 49.4 Å². The van der Waals surface area contributed by atoms with Gasteiger partial charge in [-0.15, -0.1) is 0 Å². The fourth-order valence-corrected chi connectivity index (χ4v) is 4.79. The molecule has 31 heavy (non-hydrogen) atoms. The zero-order chi connectivity index (χ0) is 22.9. The highest BCUT2D eigenvalue weighted by molar-refractivity contribution is 5.75. The smallest absolute Gasteiger partial charge is 0.248 e. The van der Waals surface area contributed by atoms with E-state index in [1.807, 2.05) is 42.5 Å². The molecule has 3 N–H and O–H groups in total. The van der Waals surface area contributed by atoms with Gasteiger partial charge >= 0.3 is 0 Å². The summed E-state index contributed by atoms with van der Waals surface area (Å²) in [7, 11) is 1.61. The Hall–Kier alpha value is -1.79. The van der Waals surface area contributed by atoms with Crippen molar-refractivity contribution in [1.29, 1.82) is 0 Å². The summed E-state index contributed by atoms with van der Waals surface area (Å²) in [6.07, 6.45) is 5.00. The van der Waals surface area contributed by atoms with Gasteiger partial charge in [0.05, 0.1) is 12.2 Å². The number of carbonyl (C=O) groups is 1. The summed E-state index contributed by atoms with van der Waals surface area (Å²) in [5.41, 5.74) is 0.894. The number of carbonyl (C=O) groups excluding carboxylic acids is 1. The van der Waals surface area contributed by atoms with E-state index in [1.165, 1.54) is 0 Å². The van der Waals surface area contributed by atoms with E-state index in [-0.39, 0.29) is 37.0 Å². The molecule has 1 aliphatic rings. The predicted molar refractivity (Wildman–Crippen MR) is 119 cm³/mol. The Morgan fingerprint density at radius 1 is 1.23 bits per heavy atom. The molecule has 0 radical (unpaired) electrons. The van der Waals surface area contributed by atoms with Crippen LogP contribution in [0.4, 0.5) is 8.78 Å². The van der Waals surface area contributed by atoms with Gasteiger partial charge in [0.15, 0.2) is 0 Å². The van der Waals surface area contributed by atoms with Gasteiger partial charge in [0.2, 0.25) is 11.8 Å². The monoisotopic (exact) mass is 437 g/mol. The Morgan fingerprint density at radius 3 is 2.61 bits per heavy atom. The number of halogens is 2. The number of hydrogen-bond acceptors (Lipinski definition) is 3. The summed E-state index contributed by atoms with van der Waals surface area (Å²) in [4.78, 5) is 11.2. The fraction of sp³-hybridized carbons (Fsp3) is 0.640. The Morgan fingerprint density at radius 2 is 1.94 bits per heavy atom. The molecule has 1 aliphatic carbocycles. The molecule has 2 rings (SSSR count). The van der Waals surface area contributed by atoms with Crippen LogP contribution < -0.4 is 5.32 Å².